The molecule has 0 unspecified atom stereocenters. The summed E-state index contributed by atoms with van der Waals surface area (Å²) in [6.07, 6.45) is 3.82. The molecule has 0 saturated carbocycles. The number of benzene rings is 2. The van der Waals surface area contributed by atoms with Gasteiger partial charge in [-0.3, -0.25) is 0 Å². The van der Waals surface area contributed by atoms with Crippen molar-refractivity contribution in [2.45, 2.75) is 18.9 Å². The smallest absolute Gasteiger partial charge is 0.0336 e. The van der Waals surface area contributed by atoms with Gasteiger partial charge in [0.1, 0.15) is 0 Å². The van der Waals surface area contributed by atoms with Crippen LogP contribution in [0.1, 0.15) is 11.1 Å². The lowest BCUT2D eigenvalue weighted by atomic mass is 9.99. The molecule has 0 aromatic heterocycles. The summed E-state index contributed by atoms with van der Waals surface area (Å²) in [5, 5.41) is 3.34. The topological polar surface area (TPSA) is 12.0 Å². The maximum absolute atomic E-state index is 3.77. The molecule has 2 rings (SSSR count). The molecule has 0 aliphatic heterocycles. The fourth-order valence-electron chi connectivity index (χ4n) is 2.15. The molecule has 0 spiro atoms. The summed E-state index contributed by atoms with van der Waals surface area (Å²) in [6, 6.07) is 21.5. The highest BCUT2D eigenvalue weighted by Gasteiger charge is 2.08. The van der Waals surface area contributed by atoms with E-state index in [1.165, 1.54) is 11.1 Å². The van der Waals surface area contributed by atoms with E-state index < -0.39 is 0 Å². The van der Waals surface area contributed by atoms with Gasteiger partial charge in [-0.1, -0.05) is 67.2 Å². The molecule has 0 bridgehead atoms. The molecule has 2 aromatic rings. The monoisotopic (exact) mass is 273 g/mol. The standard InChI is InChI=1S/C17H19N.ClH/c1-2-18-17(13-15-9-5-3-6-10-15)14-16-11-7-4-8-12-16;/h2-12,17-18H,1,13-14H2;1H. The number of hydrogen-bond donors (Lipinski definition) is 1. The predicted molar refractivity (Wildman–Crippen MR) is 84.7 cm³/mol. The summed E-state index contributed by atoms with van der Waals surface area (Å²) < 4.78 is 0. The Labute approximate surface area is 121 Å². The first kappa shape index (κ1) is 15.3. The normalized spacial score (nSPS) is 9.74. The second-order valence-electron chi connectivity index (χ2n) is 4.45. The first-order valence-corrected chi connectivity index (χ1v) is 6.33. The zero-order chi connectivity index (χ0) is 12.6. The van der Waals surface area contributed by atoms with Crippen LogP contribution in [0.15, 0.2) is 73.4 Å². The van der Waals surface area contributed by atoms with Crippen LogP contribution < -0.4 is 5.32 Å². The van der Waals surface area contributed by atoms with Crippen molar-refractivity contribution < 1.29 is 0 Å². The Morgan fingerprint density at radius 1 is 0.842 bits per heavy atom. The number of nitrogens with one attached hydrogen (secondary N) is 1. The van der Waals surface area contributed by atoms with Gasteiger partial charge < -0.3 is 5.32 Å². The second kappa shape index (κ2) is 8.39. The lowest BCUT2D eigenvalue weighted by Gasteiger charge is -2.17. The van der Waals surface area contributed by atoms with Gasteiger partial charge in [-0.05, 0) is 30.2 Å². The summed E-state index contributed by atoms with van der Waals surface area (Å²) >= 11 is 0. The van der Waals surface area contributed by atoms with E-state index in [9.17, 15) is 0 Å². The van der Waals surface area contributed by atoms with E-state index >= 15 is 0 Å². The van der Waals surface area contributed by atoms with Crippen LogP contribution in [-0.4, -0.2) is 6.04 Å². The summed E-state index contributed by atoms with van der Waals surface area (Å²) in [6.45, 7) is 3.77. The summed E-state index contributed by atoms with van der Waals surface area (Å²) in [5.74, 6) is 0. The van der Waals surface area contributed by atoms with Gasteiger partial charge in [-0.25, -0.2) is 0 Å². The molecule has 19 heavy (non-hydrogen) atoms. The molecule has 0 aliphatic carbocycles. The molecule has 1 nitrogen and oxygen atoms in total. The van der Waals surface area contributed by atoms with Crippen LogP contribution in [0, 0.1) is 0 Å². The van der Waals surface area contributed by atoms with Crippen LogP contribution in [0.25, 0.3) is 0 Å². The molecule has 100 valence electrons. The number of rotatable bonds is 6. The molecule has 0 amide bonds. The molecule has 0 saturated heterocycles. The van der Waals surface area contributed by atoms with Gasteiger partial charge in [0, 0.05) is 6.04 Å². The van der Waals surface area contributed by atoms with Crippen molar-refractivity contribution in [2.24, 2.45) is 0 Å². The van der Waals surface area contributed by atoms with Gasteiger partial charge in [0.2, 0.25) is 0 Å². The molecular formula is C17H20ClN. The van der Waals surface area contributed by atoms with Gasteiger partial charge in [-0.15, -0.1) is 12.4 Å². The van der Waals surface area contributed by atoms with Crippen LogP contribution in [0.3, 0.4) is 0 Å². The van der Waals surface area contributed by atoms with E-state index in [1.54, 1.807) is 6.20 Å². The van der Waals surface area contributed by atoms with Crippen molar-refractivity contribution in [3.05, 3.63) is 84.6 Å². The average molecular weight is 274 g/mol. The van der Waals surface area contributed by atoms with Gasteiger partial charge >= 0.3 is 0 Å². The molecule has 2 aromatic carbocycles. The number of halogens is 1. The van der Waals surface area contributed by atoms with Crippen molar-refractivity contribution in [2.75, 3.05) is 0 Å². The third-order valence-corrected chi connectivity index (χ3v) is 3.00. The van der Waals surface area contributed by atoms with Gasteiger partial charge in [-0.2, -0.15) is 0 Å². The fourth-order valence-corrected chi connectivity index (χ4v) is 2.15. The highest BCUT2D eigenvalue weighted by atomic mass is 35.5. The third-order valence-electron chi connectivity index (χ3n) is 3.00. The number of hydrogen-bond acceptors (Lipinski definition) is 1. The van der Waals surface area contributed by atoms with Crippen LogP contribution in [0.5, 0.6) is 0 Å². The van der Waals surface area contributed by atoms with Crippen molar-refractivity contribution in [3.8, 4) is 0 Å². The quantitative estimate of drug-likeness (QED) is 0.839. The maximum Gasteiger partial charge on any atom is 0.0336 e. The van der Waals surface area contributed by atoms with Crippen molar-refractivity contribution in [1.82, 2.24) is 5.32 Å². The molecular weight excluding hydrogens is 254 g/mol. The van der Waals surface area contributed by atoms with Crippen molar-refractivity contribution in [3.63, 3.8) is 0 Å². The third kappa shape index (κ3) is 5.19. The molecule has 0 atom stereocenters. The molecule has 2 heteroatoms. The molecule has 0 radical (unpaired) electrons. The van der Waals surface area contributed by atoms with E-state index in [0.717, 1.165) is 12.8 Å². The Morgan fingerprint density at radius 3 is 1.63 bits per heavy atom. The first-order valence-electron chi connectivity index (χ1n) is 6.33. The lowest BCUT2D eigenvalue weighted by molar-refractivity contribution is 0.580. The van der Waals surface area contributed by atoms with Crippen LogP contribution >= 0.6 is 12.4 Å². The van der Waals surface area contributed by atoms with Crippen LogP contribution in [0.2, 0.25) is 0 Å². The lowest BCUT2D eigenvalue weighted by Crippen LogP contribution is -2.28. The summed E-state index contributed by atoms with van der Waals surface area (Å²) in [4.78, 5) is 0. The van der Waals surface area contributed by atoms with Crippen molar-refractivity contribution in [1.29, 1.82) is 0 Å². The highest BCUT2D eigenvalue weighted by Crippen LogP contribution is 2.09. The highest BCUT2D eigenvalue weighted by molar-refractivity contribution is 5.85. The zero-order valence-corrected chi connectivity index (χ0v) is 11.8. The minimum absolute atomic E-state index is 0. The Hall–Kier alpha value is -1.73. The largest absolute Gasteiger partial charge is 0.388 e. The minimum Gasteiger partial charge on any atom is -0.388 e. The zero-order valence-electron chi connectivity index (χ0n) is 11.0. The van der Waals surface area contributed by atoms with E-state index in [1.807, 2.05) is 0 Å². The minimum atomic E-state index is 0. The molecule has 0 aliphatic rings. The van der Waals surface area contributed by atoms with Crippen molar-refractivity contribution >= 4 is 12.4 Å². The predicted octanol–water partition coefficient (Wildman–Crippen LogP) is 4.00. The van der Waals surface area contributed by atoms with Gasteiger partial charge in [0.05, 0.1) is 0 Å². The summed E-state index contributed by atoms with van der Waals surface area (Å²) in [5.41, 5.74) is 2.71. The fraction of sp³-hybridized carbons (Fsp3) is 0.176. The Kier molecular flexibility index (Phi) is 6.76. The first-order chi connectivity index (χ1) is 8.88. The Morgan fingerprint density at radius 2 is 1.26 bits per heavy atom. The molecule has 0 heterocycles. The Bertz CT molecular complexity index is 426. The SMILES string of the molecule is C=CNC(Cc1ccccc1)Cc1ccccc1.Cl. The molecule has 0 fully saturated rings. The summed E-state index contributed by atoms with van der Waals surface area (Å²) in [7, 11) is 0. The maximum atomic E-state index is 3.77. The second-order valence-corrected chi connectivity index (χ2v) is 4.45. The van der Waals surface area contributed by atoms with Crippen LogP contribution in [-0.2, 0) is 12.8 Å². The van der Waals surface area contributed by atoms with Gasteiger partial charge in [0.25, 0.3) is 0 Å². The Balaban J connectivity index is 0.00000180. The van der Waals surface area contributed by atoms with E-state index in [-0.39, 0.29) is 12.4 Å². The van der Waals surface area contributed by atoms with E-state index in [0.29, 0.717) is 6.04 Å². The van der Waals surface area contributed by atoms with E-state index in [4.69, 9.17) is 0 Å². The average Bonchev–Trinajstić information content (AvgIpc) is 2.41. The molecule has 1 N–H and O–H groups in total. The van der Waals surface area contributed by atoms with E-state index in [2.05, 4.69) is 72.6 Å². The van der Waals surface area contributed by atoms with Crippen LogP contribution in [0.4, 0.5) is 0 Å². The van der Waals surface area contributed by atoms with Gasteiger partial charge in [0.15, 0.2) is 0 Å².